The summed E-state index contributed by atoms with van der Waals surface area (Å²) in [5, 5.41) is 20.9. The van der Waals surface area contributed by atoms with Crippen LogP contribution in [0.4, 0.5) is 5.82 Å². The van der Waals surface area contributed by atoms with Crippen LogP contribution in [0.1, 0.15) is 41.1 Å². The molecule has 10 heteroatoms. The fourth-order valence-corrected chi connectivity index (χ4v) is 3.52. The van der Waals surface area contributed by atoms with E-state index < -0.39 is 11.9 Å². The van der Waals surface area contributed by atoms with E-state index in [4.69, 9.17) is 0 Å². The van der Waals surface area contributed by atoms with Crippen LogP contribution in [0.25, 0.3) is 0 Å². The van der Waals surface area contributed by atoms with Gasteiger partial charge in [0.25, 0.3) is 11.8 Å². The Kier molecular flexibility index (Phi) is 5.81. The van der Waals surface area contributed by atoms with Crippen molar-refractivity contribution < 1.29 is 14.7 Å². The van der Waals surface area contributed by atoms with Crippen molar-refractivity contribution in [3.05, 3.63) is 59.8 Å². The molecule has 0 saturated carbocycles. The largest absolute Gasteiger partial charge is 0.396 e. The van der Waals surface area contributed by atoms with E-state index >= 15 is 0 Å². The molecule has 4 rings (SSSR count). The van der Waals surface area contributed by atoms with Gasteiger partial charge in [-0.05, 0) is 12.0 Å². The van der Waals surface area contributed by atoms with E-state index in [2.05, 4.69) is 20.5 Å². The van der Waals surface area contributed by atoms with Gasteiger partial charge in [-0.15, -0.1) is 5.10 Å². The number of benzene rings is 1. The third-order valence-corrected chi connectivity index (χ3v) is 5.39. The van der Waals surface area contributed by atoms with Crippen LogP contribution in [0.5, 0.6) is 0 Å². The molecule has 2 atom stereocenters. The van der Waals surface area contributed by atoms with Gasteiger partial charge < -0.3 is 10.4 Å². The Morgan fingerprint density at radius 1 is 1.29 bits per heavy atom. The van der Waals surface area contributed by atoms with Crippen LogP contribution in [-0.4, -0.2) is 61.2 Å². The van der Waals surface area contributed by atoms with Crippen LogP contribution < -0.4 is 10.2 Å². The zero-order chi connectivity index (χ0) is 22.0. The average molecular weight is 423 g/mol. The maximum absolute atomic E-state index is 12.9. The highest BCUT2D eigenvalue weighted by Crippen LogP contribution is 2.24. The molecule has 1 aliphatic heterocycles. The summed E-state index contributed by atoms with van der Waals surface area (Å²) < 4.78 is 3.32. The number of aromatic nitrogens is 5. The molecule has 0 bridgehead atoms. The second-order valence-electron chi connectivity index (χ2n) is 7.70. The molecule has 162 valence electrons. The van der Waals surface area contributed by atoms with Crippen molar-refractivity contribution in [2.24, 2.45) is 0 Å². The van der Waals surface area contributed by atoms with Gasteiger partial charge in [0.15, 0.2) is 0 Å². The van der Waals surface area contributed by atoms with E-state index in [1.165, 1.54) is 11.2 Å². The van der Waals surface area contributed by atoms with Crippen molar-refractivity contribution in [3.63, 3.8) is 0 Å². The first-order valence-corrected chi connectivity index (χ1v) is 10.2. The van der Waals surface area contributed by atoms with Crippen molar-refractivity contribution >= 4 is 17.6 Å². The molecule has 2 amide bonds. The summed E-state index contributed by atoms with van der Waals surface area (Å²) in [6.45, 7) is 2.82. The summed E-state index contributed by atoms with van der Waals surface area (Å²) in [6.07, 6.45) is 1.89. The first-order valence-electron chi connectivity index (χ1n) is 10.2. The lowest BCUT2D eigenvalue weighted by atomic mass is 10.1. The fraction of sp³-hybridized carbons (Fsp3) is 0.381. The molecular weight excluding hydrogens is 398 g/mol. The molecule has 2 unspecified atom stereocenters. The van der Waals surface area contributed by atoms with Gasteiger partial charge >= 0.3 is 0 Å². The quantitative estimate of drug-likeness (QED) is 0.605. The first kappa shape index (κ1) is 20.7. The normalized spacial score (nSPS) is 17.2. The lowest BCUT2D eigenvalue weighted by Crippen LogP contribution is -2.47. The van der Waals surface area contributed by atoms with Crippen molar-refractivity contribution in [3.8, 4) is 0 Å². The summed E-state index contributed by atoms with van der Waals surface area (Å²) in [5.74, 6) is -0.183. The van der Waals surface area contributed by atoms with E-state index in [9.17, 15) is 14.7 Å². The van der Waals surface area contributed by atoms with Crippen LogP contribution in [-0.2, 0) is 17.9 Å². The number of anilines is 1. The topological polar surface area (TPSA) is 118 Å². The van der Waals surface area contributed by atoms with Crippen LogP contribution in [0.15, 0.2) is 42.7 Å². The molecular formula is C21H25N7O3. The number of amides is 2. The van der Waals surface area contributed by atoms with Gasteiger partial charge in [-0.1, -0.05) is 37.3 Å². The lowest BCUT2D eigenvalue weighted by molar-refractivity contribution is -0.120. The molecule has 0 fully saturated rings. The number of carbonyl (C=O) groups is 2. The van der Waals surface area contributed by atoms with E-state index in [1.807, 2.05) is 37.3 Å². The van der Waals surface area contributed by atoms with Crippen LogP contribution >= 0.6 is 0 Å². The number of nitrogens with zero attached hydrogens (tertiary/aromatic N) is 6. The minimum Gasteiger partial charge on any atom is -0.396 e. The van der Waals surface area contributed by atoms with E-state index in [-0.39, 0.29) is 24.3 Å². The van der Waals surface area contributed by atoms with Crippen molar-refractivity contribution in [1.29, 1.82) is 0 Å². The highest BCUT2D eigenvalue weighted by atomic mass is 16.3. The van der Waals surface area contributed by atoms with Crippen LogP contribution in [0, 0.1) is 0 Å². The van der Waals surface area contributed by atoms with E-state index in [1.54, 1.807) is 22.5 Å². The second kappa shape index (κ2) is 8.68. The van der Waals surface area contributed by atoms with Gasteiger partial charge in [-0.2, -0.15) is 5.10 Å². The standard InChI is InChI=1S/C21H25N7O3/c1-14(12-29)17-10-18-26(2)21(31)16(8-9-28(18)24-17)23-20(30)19-22-13-27(25-19)11-15-6-4-3-5-7-15/h3-7,10,13-14,16,29H,8-9,11-12H2,1-2H3,(H,23,30). The molecule has 0 spiro atoms. The molecule has 0 saturated heterocycles. The van der Waals surface area contributed by atoms with Crippen LogP contribution in [0.3, 0.4) is 0 Å². The Morgan fingerprint density at radius 2 is 2.06 bits per heavy atom. The molecule has 0 radical (unpaired) electrons. The van der Waals surface area contributed by atoms with Crippen molar-refractivity contribution in [2.45, 2.75) is 38.4 Å². The third kappa shape index (κ3) is 4.33. The number of aliphatic hydroxyl groups excluding tert-OH is 1. The predicted octanol–water partition coefficient (Wildman–Crippen LogP) is 0.784. The number of hydrogen-bond acceptors (Lipinski definition) is 6. The molecule has 3 heterocycles. The Labute approximate surface area is 179 Å². The van der Waals surface area contributed by atoms with E-state index in [0.29, 0.717) is 25.3 Å². The van der Waals surface area contributed by atoms with Gasteiger partial charge in [0, 0.05) is 25.6 Å². The Morgan fingerprint density at radius 3 is 2.81 bits per heavy atom. The molecule has 1 aromatic carbocycles. The summed E-state index contributed by atoms with van der Waals surface area (Å²) in [6, 6.07) is 10.8. The Bertz CT molecular complexity index is 1080. The molecule has 0 aliphatic carbocycles. The third-order valence-electron chi connectivity index (χ3n) is 5.39. The molecule has 1 aliphatic rings. The van der Waals surface area contributed by atoms with Gasteiger partial charge in [-0.3, -0.25) is 14.5 Å². The summed E-state index contributed by atoms with van der Waals surface area (Å²) in [5.41, 5.74) is 1.78. The maximum Gasteiger partial charge on any atom is 0.291 e. The monoisotopic (exact) mass is 423 g/mol. The van der Waals surface area contributed by atoms with Crippen molar-refractivity contribution in [1.82, 2.24) is 29.9 Å². The molecule has 2 N–H and O–H groups in total. The number of hydrogen-bond donors (Lipinski definition) is 2. The minimum absolute atomic E-state index is 0.0171. The second-order valence-corrected chi connectivity index (χ2v) is 7.70. The number of carbonyl (C=O) groups excluding carboxylic acids is 2. The van der Waals surface area contributed by atoms with Crippen LogP contribution in [0.2, 0.25) is 0 Å². The van der Waals surface area contributed by atoms with Gasteiger partial charge in [0.05, 0.1) is 18.8 Å². The first-order chi connectivity index (χ1) is 15.0. The lowest BCUT2D eigenvalue weighted by Gasteiger charge is -2.20. The highest BCUT2D eigenvalue weighted by Gasteiger charge is 2.31. The fourth-order valence-electron chi connectivity index (χ4n) is 3.52. The number of rotatable bonds is 6. The maximum atomic E-state index is 12.9. The number of aliphatic hydroxyl groups is 1. The molecule has 31 heavy (non-hydrogen) atoms. The number of nitrogens with one attached hydrogen (secondary N) is 1. The van der Waals surface area contributed by atoms with Gasteiger partial charge in [0.2, 0.25) is 5.82 Å². The van der Waals surface area contributed by atoms with E-state index in [0.717, 1.165) is 11.3 Å². The highest BCUT2D eigenvalue weighted by molar-refractivity contribution is 6.00. The minimum atomic E-state index is -0.709. The Hall–Kier alpha value is -3.53. The van der Waals surface area contributed by atoms with Crippen molar-refractivity contribution in [2.75, 3.05) is 18.6 Å². The average Bonchev–Trinajstić information content (AvgIpc) is 3.41. The summed E-state index contributed by atoms with van der Waals surface area (Å²) in [7, 11) is 1.65. The zero-order valence-corrected chi connectivity index (χ0v) is 17.5. The number of fused-ring (bicyclic) bond motifs is 1. The number of likely N-dealkylation sites (N-methyl/N-ethyl adjacent to an activating group) is 1. The Balaban J connectivity index is 1.43. The summed E-state index contributed by atoms with van der Waals surface area (Å²) >= 11 is 0. The molecule has 10 nitrogen and oxygen atoms in total. The number of aryl methyl sites for hydroxylation is 1. The SMILES string of the molecule is CC(CO)c1cc2n(n1)CCC(NC(=O)c1ncn(Cc3ccccc3)n1)C(=O)N2C. The predicted molar refractivity (Wildman–Crippen MR) is 113 cm³/mol. The zero-order valence-electron chi connectivity index (χ0n) is 17.5. The van der Waals surface area contributed by atoms with Gasteiger partial charge in [0.1, 0.15) is 18.2 Å². The van der Waals surface area contributed by atoms with Gasteiger partial charge in [-0.25, -0.2) is 14.3 Å². The molecule has 2 aromatic heterocycles. The smallest absolute Gasteiger partial charge is 0.291 e. The molecule has 3 aromatic rings. The summed E-state index contributed by atoms with van der Waals surface area (Å²) in [4.78, 5) is 31.2.